The molecule has 0 spiro atoms. The van der Waals surface area contributed by atoms with Gasteiger partial charge in [0, 0.05) is 31.7 Å². The fourth-order valence-corrected chi connectivity index (χ4v) is 2.67. The summed E-state index contributed by atoms with van der Waals surface area (Å²) in [7, 11) is 0. The van der Waals surface area contributed by atoms with Gasteiger partial charge in [-0.1, -0.05) is 24.3 Å². The van der Waals surface area contributed by atoms with E-state index in [4.69, 9.17) is 0 Å². The lowest BCUT2D eigenvalue weighted by Crippen LogP contribution is -2.31. The highest BCUT2D eigenvalue weighted by molar-refractivity contribution is 5.28. The van der Waals surface area contributed by atoms with E-state index in [-0.39, 0.29) is 0 Å². The Hall–Kier alpha value is -0.860. The molecule has 2 atom stereocenters. The molecule has 2 unspecified atom stereocenters. The van der Waals surface area contributed by atoms with E-state index in [2.05, 4.69) is 55.3 Å². The number of aryl methyl sites for hydroxylation is 1. The number of benzene rings is 1. The SMILES string of the molecule is Cc1ccccc1C(C)N1CCNC(C)CC1. The van der Waals surface area contributed by atoms with Crippen molar-refractivity contribution in [3.63, 3.8) is 0 Å². The minimum Gasteiger partial charge on any atom is -0.313 e. The maximum atomic E-state index is 3.55. The van der Waals surface area contributed by atoms with Gasteiger partial charge in [0.2, 0.25) is 0 Å². The predicted molar refractivity (Wildman–Crippen MR) is 73.2 cm³/mol. The minimum absolute atomic E-state index is 0.531. The van der Waals surface area contributed by atoms with Gasteiger partial charge in [0.15, 0.2) is 0 Å². The maximum absolute atomic E-state index is 3.55. The van der Waals surface area contributed by atoms with E-state index in [1.807, 2.05) is 0 Å². The van der Waals surface area contributed by atoms with Crippen LogP contribution in [0.5, 0.6) is 0 Å². The Balaban J connectivity index is 2.09. The Morgan fingerprint density at radius 2 is 2.06 bits per heavy atom. The van der Waals surface area contributed by atoms with Gasteiger partial charge in [-0.15, -0.1) is 0 Å². The van der Waals surface area contributed by atoms with Crippen molar-refractivity contribution in [3.05, 3.63) is 35.4 Å². The molecule has 1 fully saturated rings. The van der Waals surface area contributed by atoms with E-state index in [1.165, 1.54) is 24.1 Å². The smallest absolute Gasteiger partial charge is 0.0323 e. The second-order valence-electron chi connectivity index (χ2n) is 5.21. The predicted octanol–water partition coefficient (Wildman–Crippen LogP) is 2.74. The molecule has 2 heteroatoms. The molecule has 0 bridgehead atoms. The first-order valence-corrected chi connectivity index (χ1v) is 6.71. The maximum Gasteiger partial charge on any atom is 0.0323 e. The Morgan fingerprint density at radius 3 is 2.82 bits per heavy atom. The van der Waals surface area contributed by atoms with Crippen LogP contribution in [0, 0.1) is 6.92 Å². The van der Waals surface area contributed by atoms with E-state index in [1.54, 1.807) is 0 Å². The first-order valence-electron chi connectivity index (χ1n) is 6.71. The molecule has 0 saturated carbocycles. The molecule has 1 N–H and O–H groups in total. The van der Waals surface area contributed by atoms with E-state index in [0.29, 0.717) is 12.1 Å². The molecular formula is C15H24N2. The highest BCUT2D eigenvalue weighted by Gasteiger charge is 2.19. The van der Waals surface area contributed by atoms with E-state index in [0.717, 1.165) is 13.1 Å². The van der Waals surface area contributed by atoms with Crippen LogP contribution in [-0.2, 0) is 0 Å². The fourth-order valence-electron chi connectivity index (χ4n) is 2.67. The van der Waals surface area contributed by atoms with Crippen LogP contribution in [0.15, 0.2) is 24.3 Å². The molecule has 1 aromatic carbocycles. The van der Waals surface area contributed by atoms with Crippen molar-refractivity contribution < 1.29 is 0 Å². The number of nitrogens with zero attached hydrogens (tertiary/aromatic N) is 1. The summed E-state index contributed by atoms with van der Waals surface area (Å²) in [4.78, 5) is 2.60. The Bertz CT molecular complexity index is 362. The molecule has 1 aliphatic rings. The summed E-state index contributed by atoms with van der Waals surface area (Å²) in [5, 5.41) is 3.55. The Labute approximate surface area is 105 Å². The van der Waals surface area contributed by atoms with Crippen molar-refractivity contribution in [2.45, 2.75) is 39.3 Å². The van der Waals surface area contributed by atoms with Crippen LogP contribution in [0.2, 0.25) is 0 Å². The minimum atomic E-state index is 0.531. The molecule has 2 rings (SSSR count). The van der Waals surface area contributed by atoms with Crippen molar-refractivity contribution >= 4 is 0 Å². The first kappa shape index (κ1) is 12.6. The van der Waals surface area contributed by atoms with Gasteiger partial charge in [-0.05, 0) is 38.3 Å². The molecule has 1 heterocycles. The topological polar surface area (TPSA) is 15.3 Å². The number of rotatable bonds is 2. The van der Waals surface area contributed by atoms with Gasteiger partial charge in [0.25, 0.3) is 0 Å². The quantitative estimate of drug-likeness (QED) is 0.843. The second kappa shape index (κ2) is 5.65. The average molecular weight is 232 g/mol. The molecule has 17 heavy (non-hydrogen) atoms. The number of hydrogen-bond acceptors (Lipinski definition) is 2. The van der Waals surface area contributed by atoms with Gasteiger partial charge in [-0.25, -0.2) is 0 Å². The Morgan fingerprint density at radius 1 is 1.29 bits per heavy atom. The average Bonchev–Trinajstić information content (AvgIpc) is 2.54. The summed E-state index contributed by atoms with van der Waals surface area (Å²) >= 11 is 0. The lowest BCUT2D eigenvalue weighted by molar-refractivity contribution is 0.223. The normalized spacial score (nSPS) is 24.3. The van der Waals surface area contributed by atoms with Crippen molar-refractivity contribution in [2.24, 2.45) is 0 Å². The van der Waals surface area contributed by atoms with Crippen LogP contribution in [-0.4, -0.2) is 30.6 Å². The molecule has 1 aromatic rings. The summed E-state index contributed by atoms with van der Waals surface area (Å²) in [5.41, 5.74) is 2.88. The second-order valence-corrected chi connectivity index (χ2v) is 5.21. The van der Waals surface area contributed by atoms with Gasteiger partial charge in [0.1, 0.15) is 0 Å². The summed E-state index contributed by atoms with van der Waals surface area (Å²) < 4.78 is 0. The molecule has 2 nitrogen and oxygen atoms in total. The highest BCUT2D eigenvalue weighted by Crippen LogP contribution is 2.23. The zero-order valence-electron chi connectivity index (χ0n) is 11.2. The van der Waals surface area contributed by atoms with Crippen molar-refractivity contribution in [1.29, 1.82) is 0 Å². The van der Waals surface area contributed by atoms with E-state index < -0.39 is 0 Å². The largest absolute Gasteiger partial charge is 0.313 e. The zero-order valence-corrected chi connectivity index (χ0v) is 11.2. The van der Waals surface area contributed by atoms with Crippen LogP contribution in [0.3, 0.4) is 0 Å². The van der Waals surface area contributed by atoms with Crippen molar-refractivity contribution in [3.8, 4) is 0 Å². The van der Waals surface area contributed by atoms with Crippen LogP contribution >= 0.6 is 0 Å². The summed E-state index contributed by atoms with van der Waals surface area (Å²) in [6.07, 6.45) is 1.25. The highest BCUT2D eigenvalue weighted by atomic mass is 15.2. The summed E-state index contributed by atoms with van der Waals surface area (Å²) in [6, 6.07) is 9.94. The van der Waals surface area contributed by atoms with Crippen molar-refractivity contribution in [1.82, 2.24) is 10.2 Å². The van der Waals surface area contributed by atoms with Crippen LogP contribution in [0.1, 0.15) is 37.4 Å². The molecule has 0 radical (unpaired) electrons. The third kappa shape index (κ3) is 3.08. The fraction of sp³-hybridized carbons (Fsp3) is 0.600. The lowest BCUT2D eigenvalue weighted by Gasteiger charge is -2.28. The van der Waals surface area contributed by atoms with E-state index in [9.17, 15) is 0 Å². The molecule has 94 valence electrons. The van der Waals surface area contributed by atoms with Crippen LogP contribution in [0.4, 0.5) is 0 Å². The third-order valence-corrected chi connectivity index (χ3v) is 3.93. The molecule has 1 saturated heterocycles. The summed E-state index contributed by atoms with van der Waals surface area (Å²) in [6.45, 7) is 10.3. The van der Waals surface area contributed by atoms with Gasteiger partial charge in [-0.2, -0.15) is 0 Å². The lowest BCUT2D eigenvalue weighted by atomic mass is 10.0. The third-order valence-electron chi connectivity index (χ3n) is 3.93. The van der Waals surface area contributed by atoms with Gasteiger partial charge in [0.05, 0.1) is 0 Å². The molecule has 0 aliphatic carbocycles. The molecule has 1 aliphatic heterocycles. The number of nitrogens with one attached hydrogen (secondary N) is 1. The van der Waals surface area contributed by atoms with Gasteiger partial charge < -0.3 is 5.32 Å². The Kier molecular flexibility index (Phi) is 4.19. The monoisotopic (exact) mass is 232 g/mol. The van der Waals surface area contributed by atoms with E-state index >= 15 is 0 Å². The van der Waals surface area contributed by atoms with Crippen LogP contribution < -0.4 is 5.32 Å². The van der Waals surface area contributed by atoms with Gasteiger partial charge in [-0.3, -0.25) is 4.90 Å². The van der Waals surface area contributed by atoms with Crippen LogP contribution in [0.25, 0.3) is 0 Å². The number of hydrogen-bond donors (Lipinski definition) is 1. The molecular weight excluding hydrogens is 208 g/mol. The zero-order chi connectivity index (χ0) is 12.3. The van der Waals surface area contributed by atoms with Gasteiger partial charge >= 0.3 is 0 Å². The van der Waals surface area contributed by atoms with Crippen molar-refractivity contribution in [2.75, 3.05) is 19.6 Å². The summed E-state index contributed by atoms with van der Waals surface area (Å²) in [5.74, 6) is 0. The molecule has 0 amide bonds. The first-order chi connectivity index (χ1) is 8.18. The molecule has 0 aromatic heterocycles. The standard InChI is InChI=1S/C15H24N2/c1-12-6-4-5-7-15(12)14(3)17-10-8-13(2)16-9-11-17/h4-7,13-14,16H,8-11H2,1-3H3.